The van der Waals surface area contributed by atoms with E-state index < -0.39 is 5.97 Å². The van der Waals surface area contributed by atoms with Gasteiger partial charge in [-0.3, -0.25) is 14.6 Å². The number of carbonyl (C=O) groups excluding carboxylic acids is 1. The fourth-order valence-electron chi connectivity index (χ4n) is 3.19. The average molecular weight is 378 g/mol. The normalized spacial score (nSPS) is 15.2. The van der Waals surface area contributed by atoms with E-state index in [9.17, 15) is 9.59 Å². The summed E-state index contributed by atoms with van der Waals surface area (Å²) in [6, 6.07) is 3.96. The highest BCUT2D eigenvalue weighted by molar-refractivity contribution is 7.81. The number of rotatable bonds is 9. The van der Waals surface area contributed by atoms with E-state index in [4.69, 9.17) is 9.84 Å². The summed E-state index contributed by atoms with van der Waals surface area (Å²) in [6.45, 7) is 6.45. The maximum absolute atomic E-state index is 12.0. The minimum absolute atomic E-state index is 0.0991. The number of nitrogens with zero attached hydrogens (tertiary/aromatic N) is 1. The monoisotopic (exact) mass is 377 g/mol. The second-order valence-electron chi connectivity index (χ2n) is 7.41. The zero-order chi connectivity index (χ0) is 19.3. The molecule has 142 valence electrons. The summed E-state index contributed by atoms with van der Waals surface area (Å²) in [6.07, 6.45) is 2.71. The number of fused-ring (bicyclic) bond motifs is 1. The quantitative estimate of drug-likeness (QED) is 0.509. The van der Waals surface area contributed by atoms with Crippen LogP contribution in [0, 0.1) is 6.92 Å². The van der Waals surface area contributed by atoms with Crippen molar-refractivity contribution < 1.29 is 19.4 Å². The summed E-state index contributed by atoms with van der Waals surface area (Å²) in [4.78, 5) is 27.1. The number of aliphatic imine (C=N–C) groups is 1. The fourth-order valence-corrected chi connectivity index (χ4v) is 3.37. The van der Waals surface area contributed by atoms with Crippen molar-refractivity contribution in [2.24, 2.45) is 4.99 Å². The first kappa shape index (κ1) is 20.5. The van der Waals surface area contributed by atoms with E-state index in [2.05, 4.69) is 17.6 Å². The number of thiol groups is 1. The number of ketones is 1. The maximum Gasteiger partial charge on any atom is 0.303 e. The molecule has 26 heavy (non-hydrogen) atoms. The standard InChI is InChI=1S/C20H27NO4S/c1-13-9-16(25-8-4-5-18(23)24)10-14-6-7-17(19(13)14)21-12-15(22)11-20(2,3)26/h9-10,26H,4-8,11-12H2,1-3H3,(H,23,24). The number of hydrogen-bond acceptors (Lipinski definition) is 5. The van der Waals surface area contributed by atoms with Gasteiger partial charge in [-0.2, -0.15) is 12.6 Å². The lowest BCUT2D eigenvalue weighted by atomic mass is 10.0. The van der Waals surface area contributed by atoms with Gasteiger partial charge in [0.1, 0.15) is 5.75 Å². The third kappa shape index (κ3) is 6.16. The highest BCUT2D eigenvalue weighted by Crippen LogP contribution is 2.30. The van der Waals surface area contributed by atoms with Gasteiger partial charge in [0.25, 0.3) is 0 Å². The molecule has 5 nitrogen and oxygen atoms in total. The van der Waals surface area contributed by atoms with Crippen LogP contribution in [0.5, 0.6) is 5.75 Å². The number of carbonyl (C=O) groups is 2. The van der Waals surface area contributed by atoms with Crippen LogP contribution in [0.25, 0.3) is 0 Å². The SMILES string of the molecule is Cc1cc(OCCCC(=O)O)cc2c1C(=NCC(=O)CC(C)(C)S)CC2. The summed E-state index contributed by atoms with van der Waals surface area (Å²) in [5, 5.41) is 8.67. The first-order chi connectivity index (χ1) is 12.2. The Kier molecular flexibility index (Phi) is 6.87. The van der Waals surface area contributed by atoms with Crippen LogP contribution in [-0.4, -0.2) is 40.5 Å². The number of ether oxygens (including phenoxy) is 1. The number of Topliss-reactive ketones (excluding diaryl/α,β-unsaturated/α-hetero) is 1. The molecule has 1 aliphatic rings. The molecule has 0 aromatic heterocycles. The van der Waals surface area contributed by atoms with Gasteiger partial charge in [0.2, 0.25) is 0 Å². The summed E-state index contributed by atoms with van der Waals surface area (Å²) in [5.74, 6) is 0.0539. The topological polar surface area (TPSA) is 76.0 Å². The van der Waals surface area contributed by atoms with E-state index in [1.54, 1.807) is 0 Å². The van der Waals surface area contributed by atoms with E-state index in [1.165, 1.54) is 5.56 Å². The molecule has 0 atom stereocenters. The molecule has 2 rings (SSSR count). The molecule has 6 heteroatoms. The smallest absolute Gasteiger partial charge is 0.303 e. The first-order valence-corrected chi connectivity index (χ1v) is 9.36. The van der Waals surface area contributed by atoms with Crippen LogP contribution in [0.1, 0.15) is 56.2 Å². The van der Waals surface area contributed by atoms with Crippen molar-refractivity contribution in [2.45, 2.75) is 57.6 Å². The van der Waals surface area contributed by atoms with Crippen molar-refractivity contribution >= 4 is 30.1 Å². The number of carboxylic acids is 1. The van der Waals surface area contributed by atoms with Crippen molar-refractivity contribution in [3.63, 3.8) is 0 Å². The Balaban J connectivity index is 2.02. The highest BCUT2D eigenvalue weighted by Gasteiger charge is 2.22. The van der Waals surface area contributed by atoms with Crippen molar-refractivity contribution in [1.29, 1.82) is 0 Å². The number of carboxylic acid groups (broad SMARTS) is 1. The average Bonchev–Trinajstić information content (AvgIpc) is 2.91. The molecule has 0 saturated carbocycles. The number of aryl methyl sites for hydroxylation is 2. The van der Waals surface area contributed by atoms with Gasteiger partial charge in [0.05, 0.1) is 13.2 Å². The lowest BCUT2D eigenvalue weighted by Gasteiger charge is -2.15. The van der Waals surface area contributed by atoms with Gasteiger partial charge in [0.15, 0.2) is 5.78 Å². The van der Waals surface area contributed by atoms with Crippen molar-refractivity contribution in [3.8, 4) is 5.75 Å². The Labute approximate surface area is 160 Å². The van der Waals surface area contributed by atoms with Crippen LogP contribution in [0.3, 0.4) is 0 Å². The van der Waals surface area contributed by atoms with E-state index in [0.717, 1.165) is 35.4 Å². The lowest BCUT2D eigenvalue weighted by molar-refractivity contribution is -0.137. The van der Waals surface area contributed by atoms with E-state index in [0.29, 0.717) is 19.4 Å². The van der Waals surface area contributed by atoms with Gasteiger partial charge in [-0.05, 0) is 49.4 Å². The second-order valence-corrected chi connectivity index (χ2v) is 8.62. The Bertz CT molecular complexity index is 719. The first-order valence-electron chi connectivity index (χ1n) is 8.91. The summed E-state index contributed by atoms with van der Waals surface area (Å²) in [5.41, 5.74) is 4.37. The molecule has 0 bridgehead atoms. The summed E-state index contributed by atoms with van der Waals surface area (Å²) >= 11 is 4.40. The molecule has 0 radical (unpaired) electrons. The van der Waals surface area contributed by atoms with Gasteiger partial charge >= 0.3 is 5.97 Å². The van der Waals surface area contributed by atoms with Crippen LogP contribution in [0.4, 0.5) is 0 Å². The van der Waals surface area contributed by atoms with Gasteiger partial charge in [-0.25, -0.2) is 0 Å². The molecule has 0 saturated heterocycles. The number of hydrogen-bond donors (Lipinski definition) is 2. The van der Waals surface area contributed by atoms with Gasteiger partial charge in [0, 0.05) is 28.9 Å². The van der Waals surface area contributed by atoms with Gasteiger partial charge in [-0.1, -0.05) is 13.8 Å². The third-order valence-corrected chi connectivity index (χ3v) is 4.35. The molecular weight excluding hydrogens is 350 g/mol. The predicted octanol–water partition coefficient (Wildman–Crippen LogP) is 3.64. The Morgan fingerprint density at radius 3 is 2.69 bits per heavy atom. The minimum atomic E-state index is -0.810. The Morgan fingerprint density at radius 1 is 1.31 bits per heavy atom. The Morgan fingerprint density at radius 2 is 2.04 bits per heavy atom. The largest absolute Gasteiger partial charge is 0.494 e. The molecule has 0 heterocycles. The molecule has 0 unspecified atom stereocenters. The Hall–Kier alpha value is -1.82. The zero-order valence-electron chi connectivity index (χ0n) is 15.7. The van der Waals surface area contributed by atoms with Crippen molar-refractivity contribution in [1.82, 2.24) is 0 Å². The van der Waals surface area contributed by atoms with Crippen LogP contribution in [0.15, 0.2) is 17.1 Å². The van der Waals surface area contributed by atoms with Gasteiger partial charge in [-0.15, -0.1) is 0 Å². The number of aliphatic carboxylic acids is 1. The minimum Gasteiger partial charge on any atom is -0.494 e. The molecule has 1 aromatic rings. The molecule has 0 aliphatic heterocycles. The van der Waals surface area contributed by atoms with E-state index in [-0.39, 0.29) is 23.5 Å². The lowest BCUT2D eigenvalue weighted by Crippen LogP contribution is -2.19. The summed E-state index contributed by atoms with van der Waals surface area (Å²) < 4.78 is 5.37. The molecule has 0 spiro atoms. The molecular formula is C20H27NO4S. The van der Waals surface area contributed by atoms with E-state index in [1.807, 2.05) is 32.9 Å². The maximum atomic E-state index is 12.0. The van der Waals surface area contributed by atoms with Crippen LogP contribution < -0.4 is 4.74 Å². The van der Waals surface area contributed by atoms with Crippen LogP contribution >= 0.6 is 12.6 Å². The fraction of sp³-hybridized carbons (Fsp3) is 0.550. The molecule has 1 aliphatic carbocycles. The zero-order valence-corrected chi connectivity index (χ0v) is 16.6. The van der Waals surface area contributed by atoms with Crippen molar-refractivity contribution in [3.05, 3.63) is 28.8 Å². The predicted molar refractivity (Wildman–Crippen MR) is 106 cm³/mol. The van der Waals surface area contributed by atoms with Gasteiger partial charge < -0.3 is 9.84 Å². The second kappa shape index (κ2) is 8.71. The molecule has 0 fully saturated rings. The van der Waals surface area contributed by atoms with Crippen LogP contribution in [-0.2, 0) is 16.0 Å². The molecule has 0 amide bonds. The highest BCUT2D eigenvalue weighted by atomic mass is 32.1. The molecule has 1 N–H and O–H groups in total. The van der Waals surface area contributed by atoms with Crippen molar-refractivity contribution in [2.75, 3.05) is 13.2 Å². The summed E-state index contributed by atoms with van der Waals surface area (Å²) in [7, 11) is 0. The molecule has 1 aromatic carbocycles. The van der Waals surface area contributed by atoms with Crippen LogP contribution in [0.2, 0.25) is 0 Å². The number of benzene rings is 1. The van der Waals surface area contributed by atoms with E-state index >= 15 is 0 Å². The third-order valence-electron chi connectivity index (χ3n) is 4.19.